The fourth-order valence-corrected chi connectivity index (χ4v) is 3.83. The summed E-state index contributed by atoms with van der Waals surface area (Å²) in [5, 5.41) is 7.02. The Balaban J connectivity index is 1.93. The zero-order valence-corrected chi connectivity index (χ0v) is 13.2. The third kappa shape index (κ3) is 2.78. The number of thiazole rings is 1. The van der Waals surface area contributed by atoms with E-state index in [1.54, 1.807) is 11.3 Å². The molecule has 0 aromatic carbocycles. The first-order chi connectivity index (χ1) is 9.78. The molecule has 108 valence electrons. The van der Waals surface area contributed by atoms with Crippen molar-refractivity contribution in [3.8, 4) is 10.7 Å². The number of aromatic nitrogens is 4. The van der Waals surface area contributed by atoms with E-state index in [1.165, 1.54) is 25.7 Å². The number of hydrogen-bond donors (Lipinski definition) is 2. The van der Waals surface area contributed by atoms with E-state index in [0.29, 0.717) is 4.77 Å². The molecule has 1 aliphatic heterocycles. The predicted octanol–water partition coefficient (Wildman–Crippen LogP) is 3.53. The summed E-state index contributed by atoms with van der Waals surface area (Å²) in [7, 11) is 0. The number of aromatic amines is 2. The molecule has 0 unspecified atom stereocenters. The number of rotatable bonds is 3. The van der Waals surface area contributed by atoms with Gasteiger partial charge in [0, 0.05) is 13.1 Å². The molecule has 0 radical (unpaired) electrons. The van der Waals surface area contributed by atoms with E-state index in [1.807, 2.05) is 0 Å². The molecule has 2 aromatic heterocycles. The second kappa shape index (κ2) is 6.05. The number of H-pyrrole nitrogens is 2. The number of anilines is 1. The van der Waals surface area contributed by atoms with Crippen LogP contribution in [-0.4, -0.2) is 33.3 Å². The van der Waals surface area contributed by atoms with Crippen LogP contribution in [0.25, 0.3) is 10.7 Å². The molecule has 5 nitrogen and oxygen atoms in total. The zero-order chi connectivity index (χ0) is 13.9. The van der Waals surface area contributed by atoms with Gasteiger partial charge in [-0.15, -0.1) is 0 Å². The van der Waals surface area contributed by atoms with Gasteiger partial charge in [-0.05, 0) is 31.5 Å². The van der Waals surface area contributed by atoms with Gasteiger partial charge >= 0.3 is 0 Å². The van der Waals surface area contributed by atoms with Crippen LogP contribution in [0.15, 0.2) is 0 Å². The van der Waals surface area contributed by atoms with Crippen molar-refractivity contribution >= 4 is 28.7 Å². The Kier molecular flexibility index (Phi) is 4.16. The lowest BCUT2D eigenvalue weighted by Crippen LogP contribution is -2.23. The monoisotopic (exact) mass is 309 g/mol. The fraction of sp³-hybridized carbons (Fsp3) is 0.615. The van der Waals surface area contributed by atoms with Gasteiger partial charge in [-0.1, -0.05) is 31.1 Å². The summed E-state index contributed by atoms with van der Waals surface area (Å²) in [6.45, 7) is 4.37. The lowest BCUT2D eigenvalue weighted by molar-refractivity contribution is 0.726. The van der Waals surface area contributed by atoms with Crippen molar-refractivity contribution in [3.05, 3.63) is 10.5 Å². The van der Waals surface area contributed by atoms with Gasteiger partial charge < -0.3 is 4.90 Å². The lowest BCUT2D eigenvalue weighted by Gasteiger charge is -2.18. The summed E-state index contributed by atoms with van der Waals surface area (Å²) in [5.74, 6) is 0.811. The maximum atomic E-state index is 5.04. The van der Waals surface area contributed by atoms with Crippen LogP contribution in [0.4, 0.5) is 5.13 Å². The van der Waals surface area contributed by atoms with Gasteiger partial charge in [-0.2, -0.15) is 4.98 Å². The maximum Gasteiger partial charge on any atom is 0.213 e. The number of nitrogens with zero attached hydrogens (tertiary/aromatic N) is 3. The molecule has 1 saturated heterocycles. The van der Waals surface area contributed by atoms with Crippen LogP contribution < -0.4 is 4.90 Å². The number of hydrogen-bond acceptors (Lipinski definition) is 5. The van der Waals surface area contributed by atoms with E-state index in [2.05, 4.69) is 27.0 Å². The smallest absolute Gasteiger partial charge is 0.213 e. The molecular formula is C13H19N5S2. The molecule has 3 heterocycles. The third-order valence-corrected chi connectivity index (χ3v) is 4.97. The molecule has 0 aliphatic carbocycles. The van der Waals surface area contributed by atoms with Crippen molar-refractivity contribution in [2.45, 2.75) is 39.0 Å². The Bertz CT molecular complexity index is 619. The minimum absolute atomic E-state index is 0.492. The summed E-state index contributed by atoms with van der Waals surface area (Å²) in [5.41, 5.74) is 1.10. The first-order valence-corrected chi connectivity index (χ1v) is 8.40. The van der Waals surface area contributed by atoms with Gasteiger partial charge in [0.15, 0.2) is 11.0 Å². The van der Waals surface area contributed by atoms with E-state index in [0.717, 1.165) is 41.0 Å². The molecule has 3 rings (SSSR count). The van der Waals surface area contributed by atoms with Crippen LogP contribution in [0.5, 0.6) is 0 Å². The minimum Gasteiger partial charge on any atom is -0.348 e. The van der Waals surface area contributed by atoms with Gasteiger partial charge in [0.2, 0.25) is 4.77 Å². The summed E-state index contributed by atoms with van der Waals surface area (Å²) in [4.78, 5) is 12.7. The molecule has 2 N–H and O–H groups in total. The molecule has 1 aliphatic rings. The van der Waals surface area contributed by atoms with Crippen molar-refractivity contribution in [1.29, 1.82) is 0 Å². The summed E-state index contributed by atoms with van der Waals surface area (Å²) in [6, 6.07) is 0. The van der Waals surface area contributed by atoms with E-state index in [9.17, 15) is 0 Å². The van der Waals surface area contributed by atoms with Crippen LogP contribution in [0.3, 0.4) is 0 Å². The van der Waals surface area contributed by atoms with Crippen molar-refractivity contribution in [1.82, 2.24) is 20.2 Å². The summed E-state index contributed by atoms with van der Waals surface area (Å²) in [6.07, 6.45) is 6.11. The molecule has 20 heavy (non-hydrogen) atoms. The molecule has 0 atom stereocenters. The first-order valence-electron chi connectivity index (χ1n) is 7.17. The van der Waals surface area contributed by atoms with Crippen LogP contribution in [0.1, 0.15) is 38.3 Å². The van der Waals surface area contributed by atoms with Crippen LogP contribution >= 0.6 is 23.6 Å². The standard InChI is InChI=1S/C13H19N5S2/c1-2-9-10(11-15-12(19)17-16-11)20-13(14-9)18-7-5-3-4-6-8-18/h2-8H2,1H3,(H2,15,16,17,19). The van der Waals surface area contributed by atoms with Gasteiger partial charge in [0.1, 0.15) is 0 Å². The topological polar surface area (TPSA) is 60.6 Å². The highest BCUT2D eigenvalue weighted by molar-refractivity contribution is 7.71. The molecule has 0 saturated carbocycles. The Morgan fingerprint density at radius 2 is 1.90 bits per heavy atom. The Morgan fingerprint density at radius 3 is 2.50 bits per heavy atom. The normalized spacial score (nSPS) is 16.4. The fourth-order valence-electron chi connectivity index (χ4n) is 2.54. The van der Waals surface area contributed by atoms with Crippen molar-refractivity contribution in [2.24, 2.45) is 0 Å². The molecule has 1 fully saturated rings. The van der Waals surface area contributed by atoms with Gasteiger partial charge in [0.05, 0.1) is 10.6 Å². The van der Waals surface area contributed by atoms with E-state index in [-0.39, 0.29) is 0 Å². The lowest BCUT2D eigenvalue weighted by atomic mass is 10.2. The summed E-state index contributed by atoms with van der Waals surface area (Å²) < 4.78 is 0.492. The quantitative estimate of drug-likeness (QED) is 0.852. The molecule has 0 amide bonds. The van der Waals surface area contributed by atoms with Crippen LogP contribution in [0, 0.1) is 4.77 Å². The molecule has 0 bridgehead atoms. The van der Waals surface area contributed by atoms with Gasteiger partial charge in [-0.25, -0.2) is 4.98 Å². The van der Waals surface area contributed by atoms with Gasteiger partial charge in [-0.3, -0.25) is 10.2 Å². The average molecular weight is 309 g/mol. The average Bonchev–Trinajstić information content (AvgIpc) is 2.97. The highest BCUT2D eigenvalue weighted by Crippen LogP contribution is 2.34. The van der Waals surface area contributed by atoms with Crippen LogP contribution in [-0.2, 0) is 6.42 Å². The van der Waals surface area contributed by atoms with Crippen molar-refractivity contribution in [3.63, 3.8) is 0 Å². The Morgan fingerprint density at radius 1 is 1.15 bits per heavy atom. The Labute approximate surface area is 127 Å². The predicted molar refractivity (Wildman–Crippen MR) is 84.9 cm³/mol. The number of nitrogens with one attached hydrogen (secondary N) is 2. The maximum absolute atomic E-state index is 5.04. The highest BCUT2D eigenvalue weighted by Gasteiger charge is 2.19. The van der Waals surface area contributed by atoms with Crippen molar-refractivity contribution < 1.29 is 0 Å². The Hall–Kier alpha value is -1.21. The van der Waals surface area contributed by atoms with Crippen LogP contribution in [0.2, 0.25) is 0 Å². The SMILES string of the molecule is CCc1nc(N2CCCCCC2)sc1-c1nc(=S)[nH][nH]1. The highest BCUT2D eigenvalue weighted by atomic mass is 32.1. The molecule has 0 spiro atoms. The minimum atomic E-state index is 0.492. The summed E-state index contributed by atoms with van der Waals surface area (Å²) >= 11 is 6.76. The zero-order valence-electron chi connectivity index (χ0n) is 11.6. The van der Waals surface area contributed by atoms with Crippen molar-refractivity contribution in [2.75, 3.05) is 18.0 Å². The second-order valence-electron chi connectivity index (χ2n) is 5.04. The first kappa shape index (κ1) is 13.8. The third-order valence-electron chi connectivity index (χ3n) is 3.61. The molecular weight excluding hydrogens is 290 g/mol. The van der Waals surface area contributed by atoms with E-state index in [4.69, 9.17) is 17.2 Å². The molecule has 7 heteroatoms. The van der Waals surface area contributed by atoms with Gasteiger partial charge in [0.25, 0.3) is 0 Å². The molecule has 2 aromatic rings. The second-order valence-corrected chi connectivity index (χ2v) is 6.41. The number of aryl methyl sites for hydroxylation is 1. The largest absolute Gasteiger partial charge is 0.348 e. The van der Waals surface area contributed by atoms with E-state index >= 15 is 0 Å². The van der Waals surface area contributed by atoms with E-state index < -0.39 is 0 Å².